The summed E-state index contributed by atoms with van der Waals surface area (Å²) in [5.41, 5.74) is 0.783. The van der Waals surface area contributed by atoms with Crippen LogP contribution in [-0.2, 0) is 10.0 Å². The highest BCUT2D eigenvalue weighted by molar-refractivity contribution is 9.10. The average molecular weight is 490 g/mol. The predicted molar refractivity (Wildman–Crippen MR) is 122 cm³/mol. The Morgan fingerprint density at radius 1 is 1.10 bits per heavy atom. The van der Waals surface area contributed by atoms with Crippen LogP contribution in [0.1, 0.15) is 19.3 Å². The first-order valence-corrected chi connectivity index (χ1v) is 12.3. The van der Waals surface area contributed by atoms with E-state index in [4.69, 9.17) is 0 Å². The van der Waals surface area contributed by atoms with Gasteiger partial charge in [-0.15, -0.1) is 0 Å². The second-order valence-corrected chi connectivity index (χ2v) is 10.00. The van der Waals surface area contributed by atoms with Gasteiger partial charge in [0, 0.05) is 22.6 Å². The van der Waals surface area contributed by atoms with Gasteiger partial charge in [-0.25, -0.2) is 18.4 Å². The second kappa shape index (κ2) is 9.38. The lowest BCUT2D eigenvalue weighted by Gasteiger charge is -2.23. The van der Waals surface area contributed by atoms with E-state index < -0.39 is 16.2 Å². The number of nitrogens with one attached hydrogen (secondary N) is 2. The van der Waals surface area contributed by atoms with E-state index in [0.29, 0.717) is 12.4 Å². The average Bonchev–Trinajstić information content (AvgIpc) is 3.26. The Labute approximate surface area is 185 Å². The number of rotatable bonds is 8. The zero-order valence-corrected chi connectivity index (χ0v) is 18.9. The van der Waals surface area contributed by atoms with E-state index in [2.05, 4.69) is 40.8 Å². The lowest BCUT2D eigenvalue weighted by Crippen LogP contribution is -2.43. The van der Waals surface area contributed by atoms with E-state index in [9.17, 15) is 8.42 Å². The maximum absolute atomic E-state index is 12.9. The molecule has 1 unspecified atom stereocenters. The smallest absolute Gasteiger partial charge is 0.242 e. The third-order valence-electron chi connectivity index (χ3n) is 5.13. The summed E-state index contributed by atoms with van der Waals surface area (Å²) in [6, 6.07) is 14.2. The highest BCUT2D eigenvalue weighted by Crippen LogP contribution is 2.19. The molecule has 0 bridgehead atoms. The molecule has 1 aliphatic rings. The third-order valence-corrected chi connectivity index (χ3v) is 7.11. The molecule has 0 amide bonds. The van der Waals surface area contributed by atoms with Gasteiger partial charge in [0.2, 0.25) is 16.0 Å². The molecule has 2 heterocycles. The van der Waals surface area contributed by atoms with Crippen molar-refractivity contribution >= 4 is 42.8 Å². The number of anilines is 1. The Balaban J connectivity index is 1.54. The number of likely N-dealkylation sites (tertiary alicyclic amines) is 1. The minimum Gasteiger partial charge on any atom is -0.338 e. The molecule has 7 nitrogen and oxygen atoms in total. The fraction of sp³-hybridized carbons (Fsp3) is 0.333. The summed E-state index contributed by atoms with van der Waals surface area (Å²) in [5.74, 6) is 0.391. The summed E-state index contributed by atoms with van der Waals surface area (Å²) < 4.78 is 29.5. The van der Waals surface area contributed by atoms with E-state index in [0.717, 1.165) is 35.0 Å². The first-order valence-electron chi connectivity index (χ1n) is 9.98. The molecule has 0 spiro atoms. The zero-order chi connectivity index (χ0) is 21.0. The van der Waals surface area contributed by atoms with E-state index in [1.54, 1.807) is 36.5 Å². The molecule has 2 aromatic carbocycles. The molecule has 2 N–H and O–H groups in total. The Kier molecular flexibility index (Phi) is 6.62. The van der Waals surface area contributed by atoms with Crippen LogP contribution in [-0.4, -0.2) is 49.1 Å². The summed E-state index contributed by atoms with van der Waals surface area (Å²) in [6.07, 6.45) is 4.19. The molecule has 1 aromatic heterocycles. The van der Waals surface area contributed by atoms with Gasteiger partial charge in [-0.05, 0) is 56.6 Å². The molecular formula is C21H24BrN5O2S. The van der Waals surface area contributed by atoms with Crippen LogP contribution in [0.25, 0.3) is 10.9 Å². The van der Waals surface area contributed by atoms with E-state index >= 15 is 0 Å². The number of halogens is 1. The summed E-state index contributed by atoms with van der Waals surface area (Å²) >= 11 is 3.46. The molecule has 4 rings (SSSR count). The van der Waals surface area contributed by atoms with Gasteiger partial charge in [-0.3, -0.25) is 0 Å². The van der Waals surface area contributed by atoms with Crippen LogP contribution >= 0.6 is 15.9 Å². The molecule has 0 radical (unpaired) electrons. The SMILES string of the molecule is O=S(=O)(NC(CCN1CCCC1)Nc1ncc2ccc(Br)cc2n1)c1ccccc1. The summed E-state index contributed by atoms with van der Waals surface area (Å²) in [5, 5.41) is 4.10. The molecule has 9 heteroatoms. The van der Waals surface area contributed by atoms with Crippen LogP contribution < -0.4 is 10.0 Å². The summed E-state index contributed by atoms with van der Waals surface area (Å²) in [4.78, 5) is 11.5. The maximum atomic E-state index is 12.9. The van der Waals surface area contributed by atoms with Gasteiger partial charge in [-0.2, -0.15) is 4.72 Å². The highest BCUT2D eigenvalue weighted by atomic mass is 79.9. The first kappa shape index (κ1) is 21.2. The number of hydrogen-bond donors (Lipinski definition) is 2. The molecule has 1 fully saturated rings. The fourth-order valence-electron chi connectivity index (χ4n) is 3.56. The van der Waals surface area contributed by atoms with Crippen molar-refractivity contribution in [2.24, 2.45) is 0 Å². The lowest BCUT2D eigenvalue weighted by molar-refractivity contribution is 0.322. The molecule has 1 aliphatic heterocycles. The fourth-order valence-corrected chi connectivity index (χ4v) is 5.11. The minimum absolute atomic E-state index is 0.237. The van der Waals surface area contributed by atoms with Crippen LogP contribution in [0.3, 0.4) is 0 Å². The number of fused-ring (bicyclic) bond motifs is 1. The Morgan fingerprint density at radius 3 is 2.63 bits per heavy atom. The van der Waals surface area contributed by atoms with Crippen molar-refractivity contribution in [1.29, 1.82) is 0 Å². The lowest BCUT2D eigenvalue weighted by atomic mass is 10.2. The number of hydrogen-bond acceptors (Lipinski definition) is 6. The third kappa shape index (κ3) is 5.34. The minimum atomic E-state index is -3.67. The van der Waals surface area contributed by atoms with Gasteiger partial charge in [-0.1, -0.05) is 40.2 Å². The normalized spacial score (nSPS) is 16.0. The van der Waals surface area contributed by atoms with Crippen LogP contribution in [0.15, 0.2) is 64.1 Å². The summed E-state index contributed by atoms with van der Waals surface area (Å²) in [7, 11) is -3.67. The van der Waals surface area contributed by atoms with Crippen LogP contribution in [0.2, 0.25) is 0 Å². The standard InChI is InChI=1S/C21H24BrN5O2S/c22-17-9-8-16-15-23-21(24-19(16)14-17)25-20(10-13-27-11-4-5-12-27)26-30(28,29)18-6-2-1-3-7-18/h1-3,6-9,14-15,20,26H,4-5,10-13H2,(H,23,24,25). The molecule has 158 valence electrons. The Bertz CT molecular complexity index is 1100. The van der Waals surface area contributed by atoms with Gasteiger partial charge in [0.25, 0.3) is 0 Å². The van der Waals surface area contributed by atoms with Gasteiger partial charge >= 0.3 is 0 Å². The molecule has 3 aromatic rings. The van der Waals surface area contributed by atoms with E-state index in [1.807, 2.05) is 18.2 Å². The predicted octanol–water partition coefficient (Wildman–Crippen LogP) is 3.59. The number of benzene rings is 2. The van der Waals surface area contributed by atoms with Crippen molar-refractivity contribution < 1.29 is 8.42 Å². The van der Waals surface area contributed by atoms with Crippen LogP contribution in [0.5, 0.6) is 0 Å². The van der Waals surface area contributed by atoms with Crippen molar-refractivity contribution in [1.82, 2.24) is 19.6 Å². The highest BCUT2D eigenvalue weighted by Gasteiger charge is 2.22. The van der Waals surface area contributed by atoms with E-state index in [-0.39, 0.29) is 4.90 Å². The summed E-state index contributed by atoms with van der Waals surface area (Å²) in [6.45, 7) is 2.91. The van der Waals surface area contributed by atoms with E-state index in [1.165, 1.54) is 12.8 Å². The van der Waals surface area contributed by atoms with Gasteiger partial charge in [0.1, 0.15) is 0 Å². The van der Waals surface area contributed by atoms with Crippen molar-refractivity contribution in [3.8, 4) is 0 Å². The number of sulfonamides is 1. The molecule has 30 heavy (non-hydrogen) atoms. The molecule has 1 atom stereocenters. The van der Waals surface area contributed by atoms with Crippen molar-refractivity contribution in [3.05, 3.63) is 59.2 Å². The van der Waals surface area contributed by atoms with Crippen molar-refractivity contribution in [3.63, 3.8) is 0 Å². The molecule has 0 aliphatic carbocycles. The zero-order valence-electron chi connectivity index (χ0n) is 16.5. The quantitative estimate of drug-likeness (QED) is 0.470. The monoisotopic (exact) mass is 489 g/mol. The van der Waals surface area contributed by atoms with Gasteiger partial charge < -0.3 is 10.2 Å². The molecular weight excluding hydrogens is 466 g/mol. The van der Waals surface area contributed by atoms with Crippen molar-refractivity contribution in [2.75, 3.05) is 25.0 Å². The van der Waals surface area contributed by atoms with Gasteiger partial charge in [0.15, 0.2) is 0 Å². The Hall–Kier alpha value is -2.07. The van der Waals surface area contributed by atoms with Crippen LogP contribution in [0, 0.1) is 0 Å². The molecule has 0 saturated carbocycles. The van der Waals surface area contributed by atoms with Crippen LogP contribution in [0.4, 0.5) is 5.95 Å². The largest absolute Gasteiger partial charge is 0.338 e. The maximum Gasteiger partial charge on any atom is 0.242 e. The number of aromatic nitrogens is 2. The molecule has 1 saturated heterocycles. The number of nitrogens with zero attached hydrogens (tertiary/aromatic N) is 3. The second-order valence-electron chi connectivity index (χ2n) is 7.37. The Morgan fingerprint density at radius 2 is 1.87 bits per heavy atom. The van der Waals surface area contributed by atoms with Gasteiger partial charge in [0.05, 0.1) is 16.6 Å². The first-order chi connectivity index (χ1) is 14.5. The topological polar surface area (TPSA) is 87.2 Å². The van der Waals surface area contributed by atoms with Crippen molar-refractivity contribution in [2.45, 2.75) is 30.3 Å².